The monoisotopic (exact) mass is 278 g/mol. The molecule has 2 rings (SSSR count). The third-order valence-electron chi connectivity index (χ3n) is 2.76. The summed E-state index contributed by atoms with van der Waals surface area (Å²) in [4.78, 5) is 0. The maximum Gasteiger partial charge on any atom is 0.488 e. The minimum atomic E-state index is -1.74. The highest BCUT2D eigenvalue weighted by Crippen LogP contribution is 2.10. The van der Waals surface area contributed by atoms with E-state index in [0.717, 1.165) is 6.07 Å². The van der Waals surface area contributed by atoms with Crippen LogP contribution in [-0.4, -0.2) is 17.2 Å². The Hall–Kier alpha value is -1.76. The first kappa shape index (κ1) is 14.6. The Labute approximate surface area is 115 Å². The van der Waals surface area contributed by atoms with E-state index in [9.17, 15) is 8.78 Å². The van der Waals surface area contributed by atoms with Gasteiger partial charge in [-0.3, -0.25) is 0 Å². The molecule has 0 saturated carbocycles. The normalized spacial score (nSPS) is 10.6. The van der Waals surface area contributed by atoms with Gasteiger partial charge in [0.05, 0.1) is 13.2 Å². The van der Waals surface area contributed by atoms with Gasteiger partial charge in [-0.05, 0) is 29.2 Å². The molecular formula is C14H13BF2O3. The van der Waals surface area contributed by atoms with Crippen molar-refractivity contribution in [2.75, 3.05) is 0 Å². The van der Waals surface area contributed by atoms with Crippen LogP contribution in [-0.2, 0) is 18.0 Å². The zero-order chi connectivity index (χ0) is 14.5. The van der Waals surface area contributed by atoms with Crippen LogP contribution in [0.25, 0.3) is 0 Å². The van der Waals surface area contributed by atoms with Crippen LogP contribution in [0.15, 0.2) is 42.5 Å². The van der Waals surface area contributed by atoms with Crippen molar-refractivity contribution in [1.29, 1.82) is 0 Å². The Morgan fingerprint density at radius 2 is 1.75 bits per heavy atom. The van der Waals surface area contributed by atoms with Crippen LogP contribution in [0.4, 0.5) is 8.78 Å². The second-order valence-corrected chi connectivity index (χ2v) is 4.35. The van der Waals surface area contributed by atoms with Crippen molar-refractivity contribution < 1.29 is 23.6 Å². The van der Waals surface area contributed by atoms with Crippen molar-refractivity contribution in [1.82, 2.24) is 0 Å². The summed E-state index contributed by atoms with van der Waals surface area (Å²) < 4.78 is 31.9. The summed E-state index contributed by atoms with van der Waals surface area (Å²) in [6.45, 7) is 0.103. The second-order valence-electron chi connectivity index (χ2n) is 4.35. The van der Waals surface area contributed by atoms with E-state index < -0.39 is 12.9 Å². The van der Waals surface area contributed by atoms with Gasteiger partial charge in [0, 0.05) is 5.56 Å². The lowest BCUT2D eigenvalue weighted by Gasteiger charge is -2.08. The molecule has 0 aliphatic heterocycles. The van der Waals surface area contributed by atoms with Crippen molar-refractivity contribution in [3.05, 3.63) is 65.2 Å². The Morgan fingerprint density at radius 1 is 1.00 bits per heavy atom. The van der Waals surface area contributed by atoms with E-state index in [1.165, 1.54) is 18.2 Å². The fourth-order valence-corrected chi connectivity index (χ4v) is 1.80. The van der Waals surface area contributed by atoms with Crippen LogP contribution in [0.5, 0.6) is 0 Å². The van der Waals surface area contributed by atoms with E-state index in [1.54, 1.807) is 18.2 Å². The molecule has 3 nitrogen and oxygen atoms in total. The Balaban J connectivity index is 1.99. The number of hydrogen-bond acceptors (Lipinski definition) is 3. The van der Waals surface area contributed by atoms with Gasteiger partial charge in [-0.15, -0.1) is 0 Å². The van der Waals surface area contributed by atoms with Gasteiger partial charge in [-0.25, -0.2) is 8.78 Å². The molecule has 0 spiro atoms. The van der Waals surface area contributed by atoms with Crippen LogP contribution < -0.4 is 5.46 Å². The zero-order valence-corrected chi connectivity index (χ0v) is 10.6. The molecule has 6 heteroatoms. The molecule has 104 valence electrons. The SMILES string of the molecule is OB(O)c1cc(F)cc(COCc2ccccc2F)c1. The van der Waals surface area contributed by atoms with E-state index in [4.69, 9.17) is 14.8 Å². The smallest absolute Gasteiger partial charge is 0.423 e. The maximum atomic E-state index is 13.3. The zero-order valence-electron chi connectivity index (χ0n) is 10.6. The van der Waals surface area contributed by atoms with E-state index >= 15 is 0 Å². The van der Waals surface area contributed by atoms with Gasteiger partial charge < -0.3 is 14.8 Å². The summed E-state index contributed by atoms with van der Waals surface area (Å²) in [6, 6.07) is 9.91. The van der Waals surface area contributed by atoms with Crippen molar-refractivity contribution >= 4 is 12.6 Å². The number of halogens is 2. The summed E-state index contributed by atoms with van der Waals surface area (Å²) in [5.74, 6) is -0.946. The summed E-state index contributed by atoms with van der Waals surface area (Å²) in [5.41, 5.74) is 0.908. The third-order valence-corrected chi connectivity index (χ3v) is 2.76. The molecule has 0 saturated heterocycles. The molecule has 0 heterocycles. The maximum absolute atomic E-state index is 13.3. The summed E-state index contributed by atoms with van der Waals surface area (Å²) in [5, 5.41) is 18.0. The molecule has 0 aliphatic rings. The predicted octanol–water partition coefficient (Wildman–Crippen LogP) is 1.36. The third kappa shape index (κ3) is 3.87. The van der Waals surface area contributed by atoms with Crippen molar-refractivity contribution in [3.8, 4) is 0 Å². The molecule has 0 aliphatic carbocycles. The van der Waals surface area contributed by atoms with Crippen LogP contribution in [0.3, 0.4) is 0 Å². The average molecular weight is 278 g/mol. The number of benzene rings is 2. The number of rotatable bonds is 5. The summed E-state index contributed by atoms with van der Waals surface area (Å²) in [7, 11) is -1.74. The Morgan fingerprint density at radius 3 is 2.45 bits per heavy atom. The molecule has 0 fully saturated rings. The van der Waals surface area contributed by atoms with Gasteiger partial charge in [0.25, 0.3) is 0 Å². The van der Waals surface area contributed by atoms with E-state index in [2.05, 4.69) is 0 Å². The predicted molar refractivity (Wildman–Crippen MR) is 71.1 cm³/mol. The summed E-state index contributed by atoms with van der Waals surface area (Å²) in [6.07, 6.45) is 0. The molecule has 0 amide bonds. The lowest BCUT2D eigenvalue weighted by molar-refractivity contribution is 0.104. The van der Waals surface area contributed by atoms with Crippen LogP contribution >= 0.6 is 0 Å². The summed E-state index contributed by atoms with van der Waals surface area (Å²) >= 11 is 0. The second kappa shape index (κ2) is 6.61. The van der Waals surface area contributed by atoms with E-state index in [0.29, 0.717) is 11.1 Å². The van der Waals surface area contributed by atoms with Gasteiger partial charge >= 0.3 is 7.12 Å². The molecule has 0 atom stereocenters. The van der Waals surface area contributed by atoms with Crippen LogP contribution in [0, 0.1) is 11.6 Å². The topological polar surface area (TPSA) is 49.7 Å². The molecule has 0 aromatic heterocycles. The highest BCUT2D eigenvalue weighted by molar-refractivity contribution is 6.58. The van der Waals surface area contributed by atoms with Gasteiger partial charge in [0.2, 0.25) is 0 Å². The van der Waals surface area contributed by atoms with E-state index in [1.807, 2.05) is 0 Å². The first-order chi connectivity index (χ1) is 9.56. The van der Waals surface area contributed by atoms with Crippen molar-refractivity contribution in [2.24, 2.45) is 0 Å². The highest BCUT2D eigenvalue weighted by atomic mass is 19.1. The van der Waals surface area contributed by atoms with Gasteiger partial charge in [0.15, 0.2) is 0 Å². The largest absolute Gasteiger partial charge is 0.488 e. The minimum Gasteiger partial charge on any atom is -0.423 e. The molecule has 2 N–H and O–H groups in total. The van der Waals surface area contributed by atoms with Gasteiger partial charge in [-0.2, -0.15) is 0 Å². The van der Waals surface area contributed by atoms with Crippen LogP contribution in [0.1, 0.15) is 11.1 Å². The lowest BCUT2D eigenvalue weighted by atomic mass is 9.79. The minimum absolute atomic E-state index is 0.0474. The van der Waals surface area contributed by atoms with Crippen molar-refractivity contribution in [3.63, 3.8) is 0 Å². The number of hydrogen-bond donors (Lipinski definition) is 2. The van der Waals surface area contributed by atoms with Crippen LogP contribution in [0.2, 0.25) is 0 Å². The Kier molecular flexibility index (Phi) is 4.84. The quantitative estimate of drug-likeness (QED) is 0.812. The lowest BCUT2D eigenvalue weighted by Crippen LogP contribution is -2.30. The molecule has 0 unspecified atom stereocenters. The molecule has 2 aromatic carbocycles. The molecule has 2 aromatic rings. The first-order valence-corrected chi connectivity index (χ1v) is 6.03. The molecular weight excluding hydrogens is 265 g/mol. The number of ether oxygens (including phenoxy) is 1. The highest BCUT2D eigenvalue weighted by Gasteiger charge is 2.13. The molecule has 20 heavy (non-hydrogen) atoms. The molecule has 0 bridgehead atoms. The van der Waals surface area contributed by atoms with E-state index in [-0.39, 0.29) is 24.5 Å². The average Bonchev–Trinajstić information content (AvgIpc) is 2.40. The van der Waals surface area contributed by atoms with Crippen molar-refractivity contribution in [2.45, 2.75) is 13.2 Å². The standard InChI is InChI=1S/C14H13BF2O3/c16-13-6-10(5-12(7-13)15(18)19)8-20-9-11-3-1-2-4-14(11)17/h1-7,18-19H,8-9H2. The van der Waals surface area contributed by atoms with Gasteiger partial charge in [-0.1, -0.05) is 24.3 Å². The Bertz CT molecular complexity index is 590. The fourth-order valence-electron chi connectivity index (χ4n) is 1.80. The fraction of sp³-hybridized carbons (Fsp3) is 0.143. The van der Waals surface area contributed by atoms with Gasteiger partial charge in [0.1, 0.15) is 11.6 Å². The molecule has 0 radical (unpaired) electrons. The first-order valence-electron chi connectivity index (χ1n) is 6.03.